The van der Waals surface area contributed by atoms with Crippen molar-refractivity contribution < 1.29 is 14.6 Å². The Balaban J connectivity index is 2.31. The van der Waals surface area contributed by atoms with Crippen molar-refractivity contribution in [2.75, 3.05) is 11.9 Å². The number of anilines is 1. The summed E-state index contributed by atoms with van der Waals surface area (Å²) in [6, 6.07) is 9.46. The van der Waals surface area contributed by atoms with Crippen LogP contribution >= 0.6 is 15.9 Å². The number of fused-ring (bicyclic) bond motifs is 1. The summed E-state index contributed by atoms with van der Waals surface area (Å²) in [5.41, 5.74) is 3.34. The summed E-state index contributed by atoms with van der Waals surface area (Å²) in [7, 11) is 0. The number of carboxylic acids is 1. The van der Waals surface area contributed by atoms with Crippen LogP contribution < -0.4 is 10.1 Å². The van der Waals surface area contributed by atoms with Gasteiger partial charge in [-0.15, -0.1) is 0 Å². The summed E-state index contributed by atoms with van der Waals surface area (Å²) < 4.78 is 6.53. The summed E-state index contributed by atoms with van der Waals surface area (Å²) in [5, 5.41) is 13.0. The van der Waals surface area contributed by atoms with Gasteiger partial charge in [-0.05, 0) is 31.5 Å². The Kier molecular flexibility index (Phi) is 4.57. The highest BCUT2D eigenvalue weighted by Gasteiger charge is 2.36. The monoisotopic (exact) mass is 388 g/mol. The van der Waals surface area contributed by atoms with Gasteiger partial charge in [0.25, 0.3) is 0 Å². The molecule has 1 aromatic carbocycles. The van der Waals surface area contributed by atoms with Gasteiger partial charge in [0.1, 0.15) is 0 Å². The Morgan fingerprint density at radius 1 is 1.38 bits per heavy atom. The molecule has 0 spiro atoms. The van der Waals surface area contributed by atoms with Crippen molar-refractivity contribution in [3.63, 3.8) is 0 Å². The molecule has 0 fully saturated rings. The van der Waals surface area contributed by atoms with Crippen molar-refractivity contribution in [1.82, 2.24) is 4.98 Å². The number of rotatable bonds is 4. The third-order valence-corrected chi connectivity index (χ3v) is 4.71. The van der Waals surface area contributed by atoms with E-state index in [1.54, 1.807) is 13.1 Å². The van der Waals surface area contributed by atoms with Gasteiger partial charge in [0.05, 0.1) is 18.1 Å². The van der Waals surface area contributed by atoms with E-state index in [4.69, 9.17) is 4.74 Å². The zero-order valence-electron chi connectivity index (χ0n) is 13.3. The van der Waals surface area contributed by atoms with Gasteiger partial charge < -0.3 is 15.2 Å². The smallest absolute Gasteiger partial charge is 0.334 e. The Morgan fingerprint density at radius 2 is 2.12 bits per heavy atom. The average molecular weight is 389 g/mol. The maximum absolute atomic E-state index is 12.0. The molecule has 0 bridgehead atoms. The third-order valence-electron chi connectivity index (χ3n) is 3.98. The minimum absolute atomic E-state index is 0.295. The van der Waals surface area contributed by atoms with Crippen LogP contribution in [0.1, 0.15) is 30.9 Å². The number of pyridine rings is 1. The standard InChI is InChI=1S/C18H17BrN2O3/c1-3-24-17-16-13(8-9-20-17)21-10(2)14(18(22)23)15(16)11-6-4-5-7-12(11)19/h4-9,15,21H,3H2,1-2H3,(H,22,23). The Labute approximate surface area is 148 Å². The Hall–Kier alpha value is -2.34. The molecular weight excluding hydrogens is 372 g/mol. The number of aromatic nitrogens is 1. The van der Waals surface area contributed by atoms with Gasteiger partial charge in [-0.1, -0.05) is 34.1 Å². The molecule has 5 nitrogen and oxygen atoms in total. The lowest BCUT2D eigenvalue weighted by molar-refractivity contribution is -0.132. The molecule has 3 rings (SSSR count). The van der Waals surface area contributed by atoms with Crippen LogP contribution in [0.3, 0.4) is 0 Å². The number of ether oxygens (including phenoxy) is 1. The number of hydrogen-bond acceptors (Lipinski definition) is 4. The summed E-state index contributed by atoms with van der Waals surface area (Å²) >= 11 is 3.55. The fourth-order valence-corrected chi connectivity index (χ4v) is 3.54. The van der Waals surface area contributed by atoms with E-state index in [1.807, 2.05) is 37.3 Å². The predicted octanol–water partition coefficient (Wildman–Crippen LogP) is 4.16. The number of carboxylic acid groups (broad SMARTS) is 1. The largest absolute Gasteiger partial charge is 0.478 e. The fourth-order valence-electron chi connectivity index (χ4n) is 3.03. The molecule has 1 aliphatic heterocycles. The average Bonchev–Trinajstić information content (AvgIpc) is 2.54. The molecule has 0 saturated heterocycles. The Bertz CT molecular complexity index is 833. The van der Waals surface area contributed by atoms with E-state index in [-0.39, 0.29) is 0 Å². The van der Waals surface area contributed by atoms with Crippen LogP contribution in [0.4, 0.5) is 5.69 Å². The first-order valence-corrected chi connectivity index (χ1v) is 8.41. The molecule has 2 aromatic rings. The van der Waals surface area contributed by atoms with E-state index in [9.17, 15) is 9.90 Å². The van der Waals surface area contributed by atoms with Gasteiger partial charge in [0, 0.05) is 27.6 Å². The Morgan fingerprint density at radius 3 is 2.79 bits per heavy atom. The maximum Gasteiger partial charge on any atom is 0.334 e. The second-order valence-corrected chi connectivity index (χ2v) is 6.29. The van der Waals surface area contributed by atoms with E-state index in [0.29, 0.717) is 23.8 Å². The normalized spacial score (nSPS) is 16.4. The van der Waals surface area contributed by atoms with Gasteiger partial charge in [-0.3, -0.25) is 0 Å². The molecule has 1 aromatic heterocycles. The summed E-state index contributed by atoms with van der Waals surface area (Å²) in [5.74, 6) is -0.975. The SMILES string of the molecule is CCOc1nccc2c1C(c1ccccc1Br)C(C(=O)O)=C(C)N2. The van der Waals surface area contributed by atoms with Crippen LogP contribution in [-0.2, 0) is 4.79 Å². The predicted molar refractivity (Wildman–Crippen MR) is 95.3 cm³/mol. The van der Waals surface area contributed by atoms with Crippen molar-refractivity contribution in [1.29, 1.82) is 0 Å². The van der Waals surface area contributed by atoms with Gasteiger partial charge >= 0.3 is 5.97 Å². The first-order chi connectivity index (χ1) is 11.5. The molecule has 0 aliphatic carbocycles. The number of carbonyl (C=O) groups is 1. The number of benzene rings is 1. The van der Waals surface area contributed by atoms with Crippen LogP contribution in [0.5, 0.6) is 5.88 Å². The fraction of sp³-hybridized carbons (Fsp3) is 0.222. The molecule has 2 N–H and O–H groups in total. The molecule has 0 radical (unpaired) electrons. The number of nitrogens with one attached hydrogen (secondary N) is 1. The van der Waals surface area contributed by atoms with Crippen LogP contribution in [-0.4, -0.2) is 22.7 Å². The minimum atomic E-state index is -0.960. The number of hydrogen-bond donors (Lipinski definition) is 2. The maximum atomic E-state index is 12.0. The van der Waals surface area contributed by atoms with Crippen LogP contribution in [0.15, 0.2) is 52.3 Å². The topological polar surface area (TPSA) is 71.5 Å². The van der Waals surface area contributed by atoms with E-state index in [1.165, 1.54) is 0 Å². The molecule has 2 heterocycles. The highest BCUT2D eigenvalue weighted by atomic mass is 79.9. The van der Waals surface area contributed by atoms with Crippen molar-refractivity contribution in [2.45, 2.75) is 19.8 Å². The highest BCUT2D eigenvalue weighted by molar-refractivity contribution is 9.10. The third kappa shape index (κ3) is 2.78. The van der Waals surface area contributed by atoms with E-state index < -0.39 is 11.9 Å². The number of aliphatic carboxylic acids is 1. The quantitative estimate of drug-likeness (QED) is 0.822. The van der Waals surface area contributed by atoms with Crippen LogP contribution in [0, 0.1) is 0 Å². The molecule has 0 amide bonds. The van der Waals surface area contributed by atoms with E-state index in [2.05, 4.69) is 26.2 Å². The van der Waals surface area contributed by atoms with Crippen molar-refractivity contribution in [3.8, 4) is 5.88 Å². The van der Waals surface area contributed by atoms with Gasteiger partial charge in [-0.2, -0.15) is 0 Å². The molecule has 124 valence electrons. The minimum Gasteiger partial charge on any atom is -0.478 e. The zero-order chi connectivity index (χ0) is 17.3. The molecule has 1 unspecified atom stereocenters. The van der Waals surface area contributed by atoms with Gasteiger partial charge in [0.15, 0.2) is 0 Å². The molecule has 24 heavy (non-hydrogen) atoms. The summed E-state index contributed by atoms with van der Waals surface area (Å²) in [6.45, 7) is 4.11. The number of nitrogens with zero attached hydrogens (tertiary/aromatic N) is 1. The first kappa shape index (κ1) is 16.5. The number of allylic oxidation sites excluding steroid dienone is 1. The zero-order valence-corrected chi connectivity index (χ0v) is 14.9. The molecule has 6 heteroatoms. The second-order valence-electron chi connectivity index (χ2n) is 5.43. The summed E-state index contributed by atoms with van der Waals surface area (Å²) in [4.78, 5) is 16.3. The molecular formula is C18H17BrN2O3. The van der Waals surface area contributed by atoms with Crippen LogP contribution in [0.25, 0.3) is 0 Å². The molecule has 1 aliphatic rings. The van der Waals surface area contributed by atoms with Crippen molar-refractivity contribution in [3.05, 3.63) is 63.4 Å². The first-order valence-electron chi connectivity index (χ1n) is 7.61. The second kappa shape index (κ2) is 6.65. The lowest BCUT2D eigenvalue weighted by Gasteiger charge is -2.30. The summed E-state index contributed by atoms with van der Waals surface area (Å²) in [6.07, 6.45) is 1.66. The molecule has 1 atom stereocenters. The van der Waals surface area contributed by atoms with E-state index in [0.717, 1.165) is 21.3 Å². The number of halogens is 1. The van der Waals surface area contributed by atoms with Gasteiger partial charge in [-0.25, -0.2) is 9.78 Å². The van der Waals surface area contributed by atoms with Crippen molar-refractivity contribution in [2.24, 2.45) is 0 Å². The molecule has 0 saturated carbocycles. The van der Waals surface area contributed by atoms with E-state index >= 15 is 0 Å². The highest BCUT2D eigenvalue weighted by Crippen LogP contribution is 2.47. The van der Waals surface area contributed by atoms with Crippen molar-refractivity contribution >= 4 is 27.6 Å². The van der Waals surface area contributed by atoms with Crippen LogP contribution in [0.2, 0.25) is 0 Å². The van der Waals surface area contributed by atoms with Gasteiger partial charge in [0.2, 0.25) is 5.88 Å². The lowest BCUT2D eigenvalue weighted by atomic mass is 9.81. The lowest BCUT2D eigenvalue weighted by Crippen LogP contribution is -2.24.